The van der Waals surface area contributed by atoms with Gasteiger partial charge in [-0.3, -0.25) is 4.79 Å². The third-order valence-electron chi connectivity index (χ3n) is 1.04. The number of pyridine rings is 1. The van der Waals surface area contributed by atoms with E-state index in [-0.39, 0.29) is 5.02 Å². The summed E-state index contributed by atoms with van der Waals surface area (Å²) in [6, 6.07) is 0.981. The summed E-state index contributed by atoms with van der Waals surface area (Å²) < 4.78 is 12.7. The Bertz CT molecular complexity index is 303. The molecule has 0 fully saturated rings. The van der Waals surface area contributed by atoms with Crippen LogP contribution in [0.1, 0.15) is 10.5 Å². The Morgan fingerprint density at radius 3 is 2.82 bits per heavy atom. The molecule has 0 aliphatic carbocycles. The molecule has 11 heavy (non-hydrogen) atoms. The van der Waals surface area contributed by atoms with Crippen molar-refractivity contribution in [2.75, 3.05) is 0 Å². The van der Waals surface area contributed by atoms with Crippen molar-refractivity contribution in [1.82, 2.24) is 4.98 Å². The van der Waals surface area contributed by atoms with Gasteiger partial charge in [0.25, 0.3) is 5.91 Å². The van der Waals surface area contributed by atoms with Gasteiger partial charge < -0.3 is 5.73 Å². The molecule has 1 rings (SSSR count). The lowest BCUT2D eigenvalue weighted by atomic mass is 10.3. The third-order valence-corrected chi connectivity index (χ3v) is 1.25. The smallest absolute Gasteiger partial charge is 0.270 e. The van der Waals surface area contributed by atoms with Gasteiger partial charge in [0.1, 0.15) is 0 Å². The van der Waals surface area contributed by atoms with Crippen molar-refractivity contribution in [2.24, 2.45) is 5.73 Å². The highest BCUT2D eigenvalue weighted by Crippen LogP contribution is 2.10. The van der Waals surface area contributed by atoms with E-state index >= 15 is 0 Å². The molecule has 1 heterocycles. The first-order valence-corrected chi connectivity index (χ1v) is 3.10. The van der Waals surface area contributed by atoms with Gasteiger partial charge in [0.15, 0.2) is 11.5 Å². The highest BCUT2D eigenvalue weighted by molar-refractivity contribution is 6.30. The van der Waals surface area contributed by atoms with E-state index in [0.29, 0.717) is 0 Å². The molecule has 0 aliphatic heterocycles. The lowest BCUT2D eigenvalue weighted by Crippen LogP contribution is -2.14. The Labute approximate surface area is 67.0 Å². The number of aromatic nitrogens is 1. The molecular weight excluding hydrogens is 171 g/mol. The van der Waals surface area contributed by atoms with Crippen LogP contribution in [0.4, 0.5) is 4.39 Å². The fourth-order valence-corrected chi connectivity index (χ4v) is 0.740. The van der Waals surface area contributed by atoms with Crippen LogP contribution in [0.3, 0.4) is 0 Å². The first-order chi connectivity index (χ1) is 5.11. The van der Waals surface area contributed by atoms with E-state index in [9.17, 15) is 9.18 Å². The van der Waals surface area contributed by atoms with Crippen molar-refractivity contribution < 1.29 is 9.18 Å². The highest BCUT2D eigenvalue weighted by Gasteiger charge is 2.08. The lowest BCUT2D eigenvalue weighted by Gasteiger charge is -1.95. The van der Waals surface area contributed by atoms with E-state index in [1.54, 1.807) is 0 Å². The van der Waals surface area contributed by atoms with Crippen LogP contribution in [0.15, 0.2) is 12.3 Å². The molecule has 0 saturated heterocycles. The number of nitrogens with zero attached hydrogens (tertiary/aromatic N) is 1. The number of primary amides is 1. The number of hydrogen-bond donors (Lipinski definition) is 1. The summed E-state index contributed by atoms with van der Waals surface area (Å²) in [5, 5.41) is 0.132. The van der Waals surface area contributed by atoms with Crippen molar-refractivity contribution in [3.63, 3.8) is 0 Å². The normalized spacial score (nSPS) is 9.64. The van der Waals surface area contributed by atoms with Crippen LogP contribution >= 0.6 is 11.6 Å². The number of rotatable bonds is 1. The maximum absolute atomic E-state index is 12.7. The first kappa shape index (κ1) is 7.94. The largest absolute Gasteiger partial charge is 0.364 e. The number of halogens is 2. The van der Waals surface area contributed by atoms with Crippen LogP contribution < -0.4 is 5.73 Å². The van der Waals surface area contributed by atoms with Crippen LogP contribution in [0, 0.1) is 5.82 Å². The summed E-state index contributed by atoms with van der Waals surface area (Å²) in [5.41, 5.74) is 4.39. The second-order valence-electron chi connectivity index (χ2n) is 1.85. The van der Waals surface area contributed by atoms with Gasteiger partial charge in [0.05, 0.1) is 5.02 Å². The fourth-order valence-electron chi connectivity index (χ4n) is 0.596. The number of nitrogens with two attached hydrogens (primary N) is 1. The molecule has 2 N–H and O–H groups in total. The average Bonchev–Trinajstić information content (AvgIpc) is 1.85. The van der Waals surface area contributed by atoms with Crippen LogP contribution in [0.25, 0.3) is 0 Å². The van der Waals surface area contributed by atoms with Crippen molar-refractivity contribution in [1.29, 1.82) is 0 Å². The predicted octanol–water partition coefficient (Wildman–Crippen LogP) is 0.973. The quantitative estimate of drug-likeness (QED) is 0.690. The molecule has 5 heteroatoms. The number of amides is 1. The van der Waals surface area contributed by atoms with E-state index < -0.39 is 17.4 Å². The minimum Gasteiger partial charge on any atom is -0.364 e. The van der Waals surface area contributed by atoms with Crippen molar-refractivity contribution >= 4 is 17.5 Å². The molecule has 0 aromatic carbocycles. The Morgan fingerprint density at radius 2 is 2.36 bits per heavy atom. The van der Waals surface area contributed by atoms with E-state index in [4.69, 9.17) is 17.3 Å². The highest BCUT2D eigenvalue weighted by atomic mass is 35.5. The maximum atomic E-state index is 12.7. The van der Waals surface area contributed by atoms with E-state index in [0.717, 1.165) is 12.3 Å². The topological polar surface area (TPSA) is 56.0 Å². The molecule has 0 unspecified atom stereocenters. The minimum absolute atomic E-state index is 0.132. The Morgan fingerprint density at radius 1 is 1.73 bits per heavy atom. The summed E-state index contributed by atoms with van der Waals surface area (Å²) in [6.07, 6.45) is 1.16. The molecule has 0 aliphatic rings. The van der Waals surface area contributed by atoms with Crippen LogP contribution in [-0.4, -0.2) is 10.9 Å². The molecule has 1 amide bonds. The van der Waals surface area contributed by atoms with Crippen LogP contribution in [-0.2, 0) is 0 Å². The summed E-state index contributed by atoms with van der Waals surface area (Å²) >= 11 is 5.37. The molecule has 0 radical (unpaired) electrons. The molecule has 0 saturated carbocycles. The van der Waals surface area contributed by atoms with Gasteiger partial charge in [-0.1, -0.05) is 11.6 Å². The van der Waals surface area contributed by atoms with Crippen molar-refractivity contribution in [3.8, 4) is 0 Å². The lowest BCUT2D eigenvalue weighted by molar-refractivity contribution is 0.0991. The van der Waals surface area contributed by atoms with E-state index in [2.05, 4.69) is 4.98 Å². The van der Waals surface area contributed by atoms with Gasteiger partial charge in [0.2, 0.25) is 0 Å². The molecule has 0 bridgehead atoms. The Hall–Kier alpha value is -1.16. The summed E-state index contributed by atoms with van der Waals surface area (Å²) in [7, 11) is 0. The second kappa shape index (κ2) is 2.84. The predicted molar refractivity (Wildman–Crippen MR) is 37.7 cm³/mol. The van der Waals surface area contributed by atoms with Gasteiger partial charge in [-0.15, -0.1) is 0 Å². The molecule has 1 aromatic heterocycles. The molecule has 0 spiro atoms. The van der Waals surface area contributed by atoms with E-state index in [1.807, 2.05) is 0 Å². The van der Waals surface area contributed by atoms with Crippen molar-refractivity contribution in [2.45, 2.75) is 0 Å². The fraction of sp³-hybridized carbons (Fsp3) is 0. The minimum atomic E-state index is -0.904. The number of carbonyl (C=O) groups is 1. The number of carbonyl (C=O) groups excluding carboxylic acids is 1. The molecule has 58 valence electrons. The second-order valence-corrected chi connectivity index (χ2v) is 2.28. The van der Waals surface area contributed by atoms with Gasteiger partial charge in [-0.2, -0.15) is 0 Å². The molecule has 0 atom stereocenters. The summed E-state index contributed by atoms with van der Waals surface area (Å²) in [6.45, 7) is 0. The van der Waals surface area contributed by atoms with Crippen LogP contribution in [0.2, 0.25) is 5.02 Å². The third kappa shape index (κ3) is 1.65. The van der Waals surface area contributed by atoms with Gasteiger partial charge in [0, 0.05) is 6.20 Å². The van der Waals surface area contributed by atoms with Crippen molar-refractivity contribution in [3.05, 3.63) is 28.8 Å². The zero-order valence-electron chi connectivity index (χ0n) is 5.34. The monoisotopic (exact) mass is 174 g/mol. The zero-order chi connectivity index (χ0) is 8.43. The molecule has 1 aromatic rings. The summed E-state index contributed by atoms with van der Waals surface area (Å²) in [5.74, 6) is -1.70. The SMILES string of the molecule is NC(=O)c1ncc(Cl)cc1F. The average molecular weight is 175 g/mol. The molecular formula is C6H4ClFN2O. The summed E-state index contributed by atoms with van der Waals surface area (Å²) in [4.78, 5) is 13.8. The van der Waals surface area contributed by atoms with E-state index in [1.165, 1.54) is 0 Å². The van der Waals surface area contributed by atoms with Gasteiger partial charge >= 0.3 is 0 Å². The van der Waals surface area contributed by atoms with Crippen LogP contribution in [0.5, 0.6) is 0 Å². The van der Waals surface area contributed by atoms with Gasteiger partial charge in [-0.05, 0) is 6.07 Å². The van der Waals surface area contributed by atoms with Gasteiger partial charge in [-0.25, -0.2) is 9.37 Å². The number of hydrogen-bond acceptors (Lipinski definition) is 2. The Kier molecular flexibility index (Phi) is 2.05. The zero-order valence-corrected chi connectivity index (χ0v) is 6.10. The molecule has 3 nitrogen and oxygen atoms in total. The first-order valence-electron chi connectivity index (χ1n) is 2.72. The standard InChI is InChI=1S/C6H4ClFN2O/c7-3-1-4(8)5(6(9)11)10-2-3/h1-2H,(H2,9,11). The Balaban J connectivity index is 3.20. The maximum Gasteiger partial charge on any atom is 0.270 e.